The van der Waals surface area contributed by atoms with E-state index < -0.39 is 34.7 Å². The predicted molar refractivity (Wildman–Crippen MR) is 112 cm³/mol. The van der Waals surface area contributed by atoms with Crippen molar-refractivity contribution in [3.05, 3.63) is 11.6 Å². The molecule has 0 heterocycles. The van der Waals surface area contributed by atoms with Crippen molar-refractivity contribution in [1.82, 2.24) is 0 Å². The maximum absolute atomic E-state index is 12.9. The minimum atomic E-state index is -0.624. The molecular weight excluding hydrogens is 384 g/mol. The SMILES string of the molecule is CC1(OC(=O)/C=C(\CC(=O)OC2(C)CCCC2)C(=O)OC2(C)CCCC2)CCCC1. The molecule has 0 amide bonds. The summed E-state index contributed by atoms with van der Waals surface area (Å²) in [5.74, 6) is -1.72. The van der Waals surface area contributed by atoms with Gasteiger partial charge in [-0.2, -0.15) is 0 Å². The van der Waals surface area contributed by atoms with Gasteiger partial charge in [0.15, 0.2) is 0 Å². The van der Waals surface area contributed by atoms with Gasteiger partial charge in [-0.25, -0.2) is 9.59 Å². The van der Waals surface area contributed by atoms with Crippen molar-refractivity contribution in [1.29, 1.82) is 0 Å². The van der Waals surface area contributed by atoms with Crippen LogP contribution in [-0.2, 0) is 28.6 Å². The van der Waals surface area contributed by atoms with Gasteiger partial charge >= 0.3 is 17.9 Å². The fourth-order valence-electron chi connectivity index (χ4n) is 5.03. The Kier molecular flexibility index (Phi) is 6.93. The Labute approximate surface area is 179 Å². The Bertz CT molecular complexity index is 688. The number of hydrogen-bond acceptors (Lipinski definition) is 6. The molecule has 0 aromatic carbocycles. The van der Waals surface area contributed by atoms with Gasteiger partial charge in [0.25, 0.3) is 0 Å². The molecule has 0 aromatic rings. The van der Waals surface area contributed by atoms with Crippen molar-refractivity contribution in [3.63, 3.8) is 0 Å². The van der Waals surface area contributed by atoms with Gasteiger partial charge in [0.05, 0.1) is 12.0 Å². The van der Waals surface area contributed by atoms with E-state index in [4.69, 9.17) is 14.2 Å². The van der Waals surface area contributed by atoms with Gasteiger partial charge in [-0.15, -0.1) is 0 Å². The lowest BCUT2D eigenvalue weighted by molar-refractivity contribution is -0.160. The molecule has 0 bridgehead atoms. The minimum Gasteiger partial charge on any atom is -0.459 e. The molecule has 0 aromatic heterocycles. The fraction of sp³-hybridized carbons (Fsp3) is 0.792. The zero-order valence-corrected chi connectivity index (χ0v) is 18.7. The number of carbonyl (C=O) groups is 3. The molecule has 0 N–H and O–H groups in total. The summed E-state index contributed by atoms with van der Waals surface area (Å²) in [6.07, 6.45) is 11.8. The van der Waals surface area contributed by atoms with Crippen molar-refractivity contribution < 1.29 is 28.6 Å². The molecule has 0 spiro atoms. The van der Waals surface area contributed by atoms with Gasteiger partial charge < -0.3 is 14.2 Å². The summed E-state index contributed by atoms with van der Waals surface area (Å²) in [5, 5.41) is 0. The first-order chi connectivity index (χ1) is 14.1. The number of carbonyl (C=O) groups excluding carboxylic acids is 3. The van der Waals surface area contributed by atoms with Crippen molar-refractivity contribution in [2.75, 3.05) is 0 Å². The summed E-state index contributed by atoms with van der Waals surface area (Å²) in [7, 11) is 0. The third-order valence-corrected chi connectivity index (χ3v) is 6.92. The lowest BCUT2D eigenvalue weighted by Crippen LogP contribution is -2.32. The van der Waals surface area contributed by atoms with Crippen LogP contribution in [0.4, 0.5) is 0 Å². The van der Waals surface area contributed by atoms with E-state index in [9.17, 15) is 14.4 Å². The molecule has 0 saturated heterocycles. The van der Waals surface area contributed by atoms with Crippen molar-refractivity contribution in [2.24, 2.45) is 0 Å². The third kappa shape index (κ3) is 6.08. The lowest BCUT2D eigenvalue weighted by Gasteiger charge is -2.26. The van der Waals surface area contributed by atoms with E-state index in [1.165, 1.54) is 0 Å². The van der Waals surface area contributed by atoms with Crippen LogP contribution in [0.5, 0.6) is 0 Å². The topological polar surface area (TPSA) is 78.9 Å². The summed E-state index contributed by atoms with van der Waals surface area (Å²) < 4.78 is 17.0. The molecule has 6 heteroatoms. The average molecular weight is 421 g/mol. The Morgan fingerprint density at radius 2 is 1.07 bits per heavy atom. The lowest BCUT2D eigenvalue weighted by atomic mass is 10.0. The Balaban J connectivity index is 1.70. The van der Waals surface area contributed by atoms with Crippen LogP contribution in [-0.4, -0.2) is 34.7 Å². The number of esters is 3. The van der Waals surface area contributed by atoms with Gasteiger partial charge in [-0.3, -0.25) is 4.79 Å². The van der Waals surface area contributed by atoms with Gasteiger partial charge in [-0.05, 0) is 97.8 Å². The van der Waals surface area contributed by atoms with Crippen molar-refractivity contribution in [2.45, 2.75) is 121 Å². The maximum Gasteiger partial charge on any atom is 0.335 e. The molecule has 3 fully saturated rings. The first-order valence-electron chi connectivity index (χ1n) is 11.5. The highest BCUT2D eigenvalue weighted by Gasteiger charge is 2.37. The molecule has 0 atom stereocenters. The Hall–Kier alpha value is -1.85. The molecule has 0 aliphatic heterocycles. The molecule has 168 valence electrons. The Morgan fingerprint density at radius 1 is 0.667 bits per heavy atom. The highest BCUT2D eigenvalue weighted by Crippen LogP contribution is 2.36. The van der Waals surface area contributed by atoms with E-state index in [1.54, 1.807) is 0 Å². The second kappa shape index (κ2) is 9.11. The molecule has 3 rings (SSSR count). The number of ether oxygens (including phenoxy) is 3. The van der Waals surface area contributed by atoms with E-state index in [1.807, 2.05) is 20.8 Å². The summed E-state index contributed by atoms with van der Waals surface area (Å²) >= 11 is 0. The summed E-state index contributed by atoms with van der Waals surface area (Å²) in [4.78, 5) is 38.1. The van der Waals surface area contributed by atoms with Crippen LogP contribution >= 0.6 is 0 Å². The van der Waals surface area contributed by atoms with Gasteiger partial charge in [-0.1, -0.05) is 0 Å². The molecule has 30 heavy (non-hydrogen) atoms. The summed E-state index contributed by atoms with van der Waals surface area (Å²) in [6, 6.07) is 0. The first-order valence-corrected chi connectivity index (χ1v) is 11.5. The van der Waals surface area contributed by atoms with E-state index in [-0.39, 0.29) is 12.0 Å². The van der Waals surface area contributed by atoms with Gasteiger partial charge in [0.2, 0.25) is 0 Å². The molecule has 6 nitrogen and oxygen atoms in total. The maximum atomic E-state index is 12.9. The van der Waals surface area contributed by atoms with Crippen LogP contribution in [0.1, 0.15) is 104 Å². The van der Waals surface area contributed by atoms with Gasteiger partial charge in [0.1, 0.15) is 16.8 Å². The summed E-state index contributed by atoms with van der Waals surface area (Å²) in [6.45, 7) is 5.75. The average Bonchev–Trinajstić information content (AvgIpc) is 3.36. The minimum absolute atomic E-state index is 0.0151. The predicted octanol–water partition coefficient (Wildman–Crippen LogP) is 4.93. The normalized spacial score (nSPS) is 24.4. The second-order valence-corrected chi connectivity index (χ2v) is 10.1. The van der Waals surface area contributed by atoms with Crippen molar-refractivity contribution in [3.8, 4) is 0 Å². The van der Waals surface area contributed by atoms with E-state index in [0.717, 1.165) is 83.1 Å². The van der Waals surface area contributed by atoms with Crippen LogP contribution in [0, 0.1) is 0 Å². The monoisotopic (exact) mass is 420 g/mol. The van der Waals surface area contributed by atoms with Crippen LogP contribution in [0.25, 0.3) is 0 Å². The van der Waals surface area contributed by atoms with E-state index in [2.05, 4.69) is 0 Å². The van der Waals surface area contributed by atoms with Crippen LogP contribution in [0.15, 0.2) is 11.6 Å². The first kappa shape index (κ1) is 22.8. The quantitative estimate of drug-likeness (QED) is 0.330. The van der Waals surface area contributed by atoms with E-state index >= 15 is 0 Å². The molecular formula is C24H36O6. The van der Waals surface area contributed by atoms with Gasteiger partial charge in [0, 0.05) is 6.08 Å². The Morgan fingerprint density at radius 3 is 1.53 bits per heavy atom. The molecule has 0 radical (unpaired) electrons. The smallest absolute Gasteiger partial charge is 0.335 e. The van der Waals surface area contributed by atoms with Crippen LogP contribution < -0.4 is 0 Å². The molecule has 0 unspecified atom stereocenters. The van der Waals surface area contributed by atoms with E-state index in [0.29, 0.717) is 0 Å². The van der Waals surface area contributed by atoms with Crippen molar-refractivity contribution >= 4 is 17.9 Å². The number of rotatable bonds is 7. The highest BCUT2D eigenvalue weighted by molar-refractivity contribution is 6.00. The third-order valence-electron chi connectivity index (χ3n) is 6.92. The zero-order valence-electron chi connectivity index (χ0n) is 18.7. The molecule has 3 aliphatic carbocycles. The van der Waals surface area contributed by atoms with Crippen LogP contribution in [0.2, 0.25) is 0 Å². The summed E-state index contributed by atoms with van der Waals surface area (Å²) in [5.41, 5.74) is -1.51. The highest BCUT2D eigenvalue weighted by atomic mass is 16.6. The van der Waals surface area contributed by atoms with Crippen LogP contribution in [0.3, 0.4) is 0 Å². The zero-order chi connectivity index (χ0) is 21.8. The largest absolute Gasteiger partial charge is 0.459 e. The fourth-order valence-corrected chi connectivity index (χ4v) is 5.03. The number of hydrogen-bond donors (Lipinski definition) is 0. The molecule has 3 saturated carbocycles. The second-order valence-electron chi connectivity index (χ2n) is 10.1. The standard InChI is InChI=1S/C24H36O6/c1-22(10-4-5-11-22)28-19(25)16-18(21(27)30-24(3)14-8-9-15-24)17-20(26)29-23(2)12-6-7-13-23/h16H,4-15,17H2,1-3H3/b18-16+. The molecule has 3 aliphatic rings.